The van der Waals surface area contributed by atoms with Crippen molar-refractivity contribution in [2.24, 2.45) is 0 Å². The van der Waals surface area contributed by atoms with Crippen molar-refractivity contribution in [1.82, 2.24) is 0 Å². The minimum absolute atomic E-state index is 0.704. The molecule has 0 radical (unpaired) electrons. The van der Waals surface area contributed by atoms with Crippen LogP contribution in [0.1, 0.15) is 26.2 Å². The van der Waals surface area contributed by atoms with Crippen LogP contribution < -0.4 is 0 Å². The predicted octanol–water partition coefficient (Wildman–Crippen LogP) is 0.714. The van der Waals surface area contributed by atoms with Crippen LogP contribution in [0.3, 0.4) is 0 Å². The molecule has 11 heavy (non-hydrogen) atoms. The van der Waals surface area contributed by atoms with E-state index in [-0.39, 0.29) is 0 Å². The van der Waals surface area contributed by atoms with Gasteiger partial charge in [-0.25, -0.2) is 4.79 Å². The van der Waals surface area contributed by atoms with Gasteiger partial charge in [0.15, 0.2) is 0 Å². The van der Waals surface area contributed by atoms with E-state index in [0.717, 1.165) is 12.8 Å². The standard InChI is InChI=1S/C7H10O4/c1-2-3-4-6-7(10-6,11-6)5(8)9/h2-4H2,1H3,(H,8,9). The third kappa shape index (κ3) is 0.684. The molecule has 0 aromatic carbocycles. The van der Waals surface area contributed by atoms with Crippen LogP contribution >= 0.6 is 0 Å². The summed E-state index contributed by atoms with van der Waals surface area (Å²) in [5, 5.41) is 8.57. The van der Waals surface area contributed by atoms with E-state index in [1.54, 1.807) is 0 Å². The van der Waals surface area contributed by atoms with Crippen LogP contribution in [0.15, 0.2) is 0 Å². The zero-order valence-electron chi connectivity index (χ0n) is 6.29. The van der Waals surface area contributed by atoms with Crippen molar-refractivity contribution in [3.05, 3.63) is 0 Å². The topological polar surface area (TPSA) is 62.4 Å². The fraction of sp³-hybridized carbons (Fsp3) is 0.857. The van der Waals surface area contributed by atoms with Gasteiger partial charge in [0, 0.05) is 6.42 Å². The lowest BCUT2D eigenvalue weighted by Gasteiger charge is -1.96. The summed E-state index contributed by atoms with van der Waals surface area (Å²) in [7, 11) is 0. The van der Waals surface area contributed by atoms with E-state index >= 15 is 0 Å². The Morgan fingerprint density at radius 3 is 2.55 bits per heavy atom. The van der Waals surface area contributed by atoms with Gasteiger partial charge in [0.25, 0.3) is 0 Å². The largest absolute Gasteiger partial charge is 0.477 e. The first-order valence-corrected chi connectivity index (χ1v) is 3.80. The molecule has 1 N–H and O–H groups in total. The van der Waals surface area contributed by atoms with Crippen molar-refractivity contribution < 1.29 is 19.4 Å². The van der Waals surface area contributed by atoms with Crippen molar-refractivity contribution in [2.75, 3.05) is 0 Å². The first-order valence-electron chi connectivity index (χ1n) is 3.80. The Hall–Kier alpha value is -0.610. The number of carboxylic acids is 1. The number of fused-ring (bicyclic) bond motifs is 1. The van der Waals surface area contributed by atoms with Gasteiger partial charge in [-0.2, -0.15) is 0 Å². The molecule has 0 spiro atoms. The number of unbranched alkanes of at least 4 members (excludes halogenated alkanes) is 1. The fourth-order valence-electron chi connectivity index (χ4n) is 1.35. The van der Waals surface area contributed by atoms with Gasteiger partial charge < -0.3 is 5.11 Å². The number of rotatable bonds is 4. The normalized spacial score (nSPS) is 44.8. The molecule has 4 nitrogen and oxygen atoms in total. The number of hydrogen-bond acceptors (Lipinski definition) is 3. The van der Waals surface area contributed by atoms with E-state index in [0.29, 0.717) is 6.42 Å². The summed E-state index contributed by atoms with van der Waals surface area (Å²) < 4.78 is 9.85. The van der Waals surface area contributed by atoms with E-state index < -0.39 is 17.5 Å². The Labute approximate surface area is 64.1 Å². The van der Waals surface area contributed by atoms with Gasteiger partial charge in [-0.3, -0.25) is 9.47 Å². The van der Waals surface area contributed by atoms with Crippen LogP contribution in [0.2, 0.25) is 0 Å². The van der Waals surface area contributed by atoms with Crippen LogP contribution in [0.5, 0.6) is 0 Å². The van der Waals surface area contributed by atoms with E-state index in [2.05, 4.69) is 0 Å². The highest BCUT2D eigenvalue weighted by Crippen LogP contribution is 2.69. The van der Waals surface area contributed by atoms with Gasteiger partial charge in [0.2, 0.25) is 5.79 Å². The number of carboxylic acid groups (broad SMARTS) is 1. The lowest BCUT2D eigenvalue weighted by Crippen LogP contribution is -2.13. The molecule has 62 valence electrons. The van der Waals surface area contributed by atoms with Gasteiger partial charge in [0.05, 0.1) is 0 Å². The van der Waals surface area contributed by atoms with Crippen molar-refractivity contribution in [3.8, 4) is 0 Å². The van der Waals surface area contributed by atoms with Crippen LogP contribution in [0.4, 0.5) is 0 Å². The zero-order valence-corrected chi connectivity index (χ0v) is 6.29. The summed E-state index contributed by atoms with van der Waals surface area (Å²) in [5.41, 5.74) is 0. The second kappa shape index (κ2) is 1.76. The predicted molar refractivity (Wildman–Crippen MR) is 34.8 cm³/mol. The molecule has 0 unspecified atom stereocenters. The van der Waals surface area contributed by atoms with Crippen molar-refractivity contribution in [3.63, 3.8) is 0 Å². The molecule has 2 aliphatic heterocycles. The Balaban J connectivity index is 1.88. The quantitative estimate of drug-likeness (QED) is 0.612. The minimum Gasteiger partial charge on any atom is -0.477 e. The third-order valence-corrected chi connectivity index (χ3v) is 2.18. The van der Waals surface area contributed by atoms with E-state index in [4.69, 9.17) is 14.6 Å². The highest BCUT2D eigenvalue weighted by Gasteiger charge is 2.95. The smallest absolute Gasteiger partial charge is 0.370 e. The Morgan fingerprint density at radius 1 is 1.55 bits per heavy atom. The number of hydrogen-bond donors (Lipinski definition) is 1. The Kier molecular flexibility index (Phi) is 1.13. The van der Waals surface area contributed by atoms with Crippen molar-refractivity contribution >= 4 is 5.97 Å². The molecule has 2 heterocycles. The van der Waals surface area contributed by atoms with Crippen LogP contribution in [-0.4, -0.2) is 22.7 Å². The van der Waals surface area contributed by atoms with Crippen molar-refractivity contribution in [1.29, 1.82) is 0 Å². The zero-order chi connectivity index (χ0) is 8.11. The van der Waals surface area contributed by atoms with Gasteiger partial charge in [-0.15, -0.1) is 0 Å². The van der Waals surface area contributed by atoms with E-state index in [1.165, 1.54) is 0 Å². The molecule has 2 fully saturated rings. The lowest BCUT2D eigenvalue weighted by atomic mass is 10.1. The summed E-state index contributed by atoms with van der Waals surface area (Å²) in [6.45, 7) is 2.05. The minimum atomic E-state index is -1.22. The number of ether oxygens (including phenoxy) is 2. The van der Waals surface area contributed by atoms with Gasteiger partial charge in [-0.05, 0) is 6.42 Å². The Bertz CT molecular complexity index is 204. The second-order valence-electron chi connectivity index (χ2n) is 2.98. The average molecular weight is 158 g/mol. The van der Waals surface area contributed by atoms with Crippen LogP contribution in [-0.2, 0) is 14.3 Å². The van der Waals surface area contributed by atoms with Crippen LogP contribution in [0.25, 0.3) is 0 Å². The van der Waals surface area contributed by atoms with Gasteiger partial charge in [-0.1, -0.05) is 13.3 Å². The number of aliphatic carboxylic acids is 1. The summed E-state index contributed by atoms with van der Waals surface area (Å²) in [4.78, 5) is 10.4. The molecule has 4 heteroatoms. The third-order valence-electron chi connectivity index (χ3n) is 2.18. The highest BCUT2D eigenvalue weighted by atomic mass is 17.1. The summed E-state index contributed by atoms with van der Waals surface area (Å²) >= 11 is 0. The second-order valence-corrected chi connectivity index (χ2v) is 2.98. The van der Waals surface area contributed by atoms with E-state index in [1.807, 2.05) is 6.92 Å². The molecule has 0 aromatic rings. The molecular formula is C7H10O4. The maximum Gasteiger partial charge on any atom is 0.370 e. The van der Waals surface area contributed by atoms with Crippen LogP contribution in [0, 0.1) is 0 Å². The monoisotopic (exact) mass is 158 g/mol. The average Bonchev–Trinajstić information content (AvgIpc) is 2.67. The lowest BCUT2D eigenvalue weighted by molar-refractivity contribution is -0.166. The first-order chi connectivity index (χ1) is 5.17. The summed E-state index contributed by atoms with van der Waals surface area (Å²) in [5.74, 6) is -2.93. The van der Waals surface area contributed by atoms with Gasteiger partial charge >= 0.3 is 11.8 Å². The molecular weight excluding hydrogens is 148 g/mol. The number of carbonyl (C=O) groups is 1. The van der Waals surface area contributed by atoms with Crippen molar-refractivity contribution in [2.45, 2.75) is 37.8 Å². The molecule has 2 aliphatic rings. The number of epoxide rings is 2. The van der Waals surface area contributed by atoms with E-state index in [9.17, 15) is 4.79 Å². The summed E-state index contributed by atoms with van der Waals surface area (Å²) in [6, 6.07) is 0. The molecule has 0 aliphatic carbocycles. The molecule has 2 saturated heterocycles. The molecule has 0 atom stereocenters. The molecule has 0 aromatic heterocycles. The SMILES string of the molecule is CCCCC12OC1(C(=O)O)O2. The molecule has 0 bridgehead atoms. The van der Waals surface area contributed by atoms with Gasteiger partial charge in [0.1, 0.15) is 0 Å². The summed E-state index contributed by atoms with van der Waals surface area (Å²) in [6.07, 6.45) is 2.69. The molecule has 0 amide bonds. The fourth-order valence-corrected chi connectivity index (χ4v) is 1.35. The maximum atomic E-state index is 10.4. The highest BCUT2D eigenvalue weighted by molar-refractivity contribution is 5.84. The Morgan fingerprint density at radius 2 is 2.18 bits per heavy atom. The molecule has 0 saturated carbocycles. The maximum absolute atomic E-state index is 10.4. The first kappa shape index (κ1) is 7.06. The molecule has 2 rings (SSSR count).